The molecule has 1 amide bonds. The minimum atomic E-state index is -0.528. The molecule has 1 atom stereocenters. The Kier molecular flexibility index (Phi) is 7.41. The van der Waals surface area contributed by atoms with Gasteiger partial charge in [0.25, 0.3) is 5.91 Å². The molecule has 1 N–H and O–H groups in total. The molecule has 27 heavy (non-hydrogen) atoms. The zero-order valence-corrected chi connectivity index (χ0v) is 15.9. The van der Waals surface area contributed by atoms with Crippen LogP contribution in [0.5, 0.6) is 5.75 Å². The first-order chi connectivity index (χ1) is 12.6. The summed E-state index contributed by atoms with van der Waals surface area (Å²) in [4.78, 5) is 24.9. The van der Waals surface area contributed by atoms with Crippen LogP contribution in [0.15, 0.2) is 48.5 Å². The van der Waals surface area contributed by atoms with Crippen molar-refractivity contribution < 1.29 is 14.5 Å². The molecule has 1 heterocycles. The monoisotopic (exact) mass is 411 g/mol. The summed E-state index contributed by atoms with van der Waals surface area (Å²) in [5.74, 6) is -0.144. The number of halogens is 2. The molecule has 144 valence electrons. The van der Waals surface area contributed by atoms with Gasteiger partial charge in [0, 0.05) is 30.7 Å². The summed E-state index contributed by atoms with van der Waals surface area (Å²) in [6, 6.07) is 13.2. The second kappa shape index (κ2) is 9.55. The average Bonchev–Trinajstić information content (AvgIpc) is 2.66. The number of nitrogens with zero attached hydrogens (tertiary/aromatic N) is 2. The molecular formula is C18H19Cl2N3O4. The van der Waals surface area contributed by atoms with E-state index in [1.807, 2.05) is 18.2 Å². The van der Waals surface area contributed by atoms with Gasteiger partial charge in [0.1, 0.15) is 0 Å². The van der Waals surface area contributed by atoms with Crippen LogP contribution in [0.4, 0.5) is 5.69 Å². The molecule has 0 bridgehead atoms. The van der Waals surface area contributed by atoms with Crippen LogP contribution in [0.3, 0.4) is 0 Å². The standard InChI is InChI=1S/C18H18ClN3O4.ClH/c19-14-5-3-4-13(10-14)16-11-20-8-9-21(16)18(23)12-26-17-7-2-1-6-15(17)22(24)25;/h1-7,10,16,20H,8-9,11-12H2;1H. The van der Waals surface area contributed by atoms with Gasteiger partial charge in [-0.1, -0.05) is 35.9 Å². The molecule has 1 aliphatic heterocycles. The van der Waals surface area contributed by atoms with E-state index in [2.05, 4.69) is 5.32 Å². The molecule has 9 heteroatoms. The van der Waals surface area contributed by atoms with E-state index in [0.717, 1.165) is 5.56 Å². The Morgan fingerprint density at radius 1 is 1.30 bits per heavy atom. The molecule has 1 saturated heterocycles. The maximum Gasteiger partial charge on any atom is 0.310 e. The molecule has 0 radical (unpaired) electrons. The molecule has 0 saturated carbocycles. The van der Waals surface area contributed by atoms with Gasteiger partial charge in [-0.05, 0) is 23.8 Å². The smallest absolute Gasteiger partial charge is 0.310 e. The van der Waals surface area contributed by atoms with Gasteiger partial charge < -0.3 is 15.0 Å². The normalized spacial score (nSPS) is 16.3. The highest BCUT2D eigenvalue weighted by molar-refractivity contribution is 6.30. The molecule has 2 aromatic carbocycles. The number of hydrogen-bond donors (Lipinski definition) is 1. The van der Waals surface area contributed by atoms with Crippen LogP contribution in [0.2, 0.25) is 5.02 Å². The third-order valence-corrected chi connectivity index (χ3v) is 4.45. The van der Waals surface area contributed by atoms with E-state index in [-0.39, 0.29) is 42.4 Å². The minimum Gasteiger partial charge on any atom is -0.477 e. The van der Waals surface area contributed by atoms with Crippen LogP contribution >= 0.6 is 24.0 Å². The van der Waals surface area contributed by atoms with Crippen molar-refractivity contribution in [2.45, 2.75) is 6.04 Å². The molecule has 3 rings (SSSR count). The van der Waals surface area contributed by atoms with E-state index in [1.165, 1.54) is 12.1 Å². The average molecular weight is 412 g/mol. The number of amides is 1. The Hall–Kier alpha value is -2.35. The zero-order valence-electron chi connectivity index (χ0n) is 14.3. The van der Waals surface area contributed by atoms with Crippen LogP contribution < -0.4 is 10.1 Å². The van der Waals surface area contributed by atoms with Crippen molar-refractivity contribution in [3.63, 3.8) is 0 Å². The number of benzene rings is 2. The van der Waals surface area contributed by atoms with E-state index in [1.54, 1.807) is 23.1 Å². The highest BCUT2D eigenvalue weighted by atomic mass is 35.5. The van der Waals surface area contributed by atoms with E-state index >= 15 is 0 Å². The van der Waals surface area contributed by atoms with Crippen molar-refractivity contribution in [1.29, 1.82) is 0 Å². The van der Waals surface area contributed by atoms with Gasteiger partial charge in [0.15, 0.2) is 12.4 Å². The van der Waals surface area contributed by atoms with Gasteiger partial charge >= 0.3 is 5.69 Å². The van der Waals surface area contributed by atoms with Gasteiger partial charge in [-0.25, -0.2) is 0 Å². The summed E-state index contributed by atoms with van der Waals surface area (Å²) in [6.07, 6.45) is 0. The number of piperazine rings is 1. The molecule has 0 aliphatic carbocycles. The summed E-state index contributed by atoms with van der Waals surface area (Å²) in [5.41, 5.74) is 0.774. The molecule has 1 fully saturated rings. The number of para-hydroxylation sites is 2. The molecule has 0 aromatic heterocycles. The Balaban J connectivity index is 0.00000261. The van der Waals surface area contributed by atoms with Crippen LogP contribution in [0.25, 0.3) is 0 Å². The second-order valence-corrected chi connectivity index (χ2v) is 6.31. The van der Waals surface area contributed by atoms with Crippen molar-refractivity contribution in [2.24, 2.45) is 0 Å². The van der Waals surface area contributed by atoms with Crippen LogP contribution in [-0.4, -0.2) is 42.0 Å². The number of rotatable bonds is 5. The van der Waals surface area contributed by atoms with Gasteiger partial charge in [-0.3, -0.25) is 14.9 Å². The fourth-order valence-electron chi connectivity index (χ4n) is 2.97. The number of nitro benzene ring substituents is 1. The number of carbonyl (C=O) groups excluding carboxylic acids is 1. The third-order valence-electron chi connectivity index (χ3n) is 4.21. The lowest BCUT2D eigenvalue weighted by molar-refractivity contribution is -0.385. The van der Waals surface area contributed by atoms with Crippen molar-refractivity contribution >= 4 is 35.6 Å². The molecule has 1 unspecified atom stereocenters. The zero-order chi connectivity index (χ0) is 18.5. The number of carbonyl (C=O) groups is 1. The third kappa shape index (κ3) is 5.09. The highest BCUT2D eigenvalue weighted by Gasteiger charge is 2.28. The summed E-state index contributed by atoms with van der Waals surface area (Å²) >= 11 is 6.07. The summed E-state index contributed by atoms with van der Waals surface area (Å²) in [7, 11) is 0. The van der Waals surface area contributed by atoms with Gasteiger partial charge in [-0.2, -0.15) is 0 Å². The fraction of sp³-hybridized carbons (Fsp3) is 0.278. The minimum absolute atomic E-state index is 0. The van der Waals surface area contributed by atoms with Crippen molar-refractivity contribution in [3.8, 4) is 5.75 Å². The lowest BCUT2D eigenvalue weighted by Crippen LogP contribution is -2.50. The first-order valence-corrected chi connectivity index (χ1v) is 8.56. The van der Waals surface area contributed by atoms with E-state index in [9.17, 15) is 14.9 Å². The predicted molar refractivity (Wildman–Crippen MR) is 105 cm³/mol. The quantitative estimate of drug-likeness (QED) is 0.602. The largest absolute Gasteiger partial charge is 0.477 e. The van der Waals surface area contributed by atoms with E-state index in [0.29, 0.717) is 24.7 Å². The Morgan fingerprint density at radius 2 is 2.07 bits per heavy atom. The van der Waals surface area contributed by atoms with Crippen LogP contribution in [0, 0.1) is 10.1 Å². The fourth-order valence-corrected chi connectivity index (χ4v) is 3.17. The Bertz CT molecular complexity index is 819. The van der Waals surface area contributed by atoms with Crippen LogP contribution in [-0.2, 0) is 4.79 Å². The van der Waals surface area contributed by atoms with E-state index in [4.69, 9.17) is 16.3 Å². The second-order valence-electron chi connectivity index (χ2n) is 5.88. The van der Waals surface area contributed by atoms with Gasteiger partial charge in [0.05, 0.1) is 11.0 Å². The SMILES string of the molecule is Cl.O=C(COc1ccccc1[N+](=O)[O-])N1CCNCC1c1cccc(Cl)c1. The van der Waals surface area contributed by atoms with Gasteiger partial charge in [-0.15, -0.1) is 12.4 Å². The maximum atomic E-state index is 12.7. The number of ether oxygens (including phenoxy) is 1. The Labute approximate surface area is 167 Å². The number of nitro groups is 1. The van der Waals surface area contributed by atoms with Crippen molar-refractivity contribution in [3.05, 3.63) is 69.2 Å². The molecule has 0 spiro atoms. The predicted octanol–water partition coefficient (Wildman–Crippen LogP) is 3.22. The molecule has 1 aliphatic rings. The lowest BCUT2D eigenvalue weighted by Gasteiger charge is -2.36. The topological polar surface area (TPSA) is 84.7 Å². The summed E-state index contributed by atoms with van der Waals surface area (Å²) < 4.78 is 5.44. The lowest BCUT2D eigenvalue weighted by atomic mass is 10.0. The van der Waals surface area contributed by atoms with Crippen LogP contribution in [0.1, 0.15) is 11.6 Å². The molecular weight excluding hydrogens is 393 g/mol. The first-order valence-electron chi connectivity index (χ1n) is 8.18. The van der Waals surface area contributed by atoms with Crippen molar-refractivity contribution in [2.75, 3.05) is 26.2 Å². The first kappa shape index (κ1) is 21.0. The number of nitrogens with one attached hydrogen (secondary N) is 1. The Morgan fingerprint density at radius 3 is 2.81 bits per heavy atom. The number of hydrogen-bond acceptors (Lipinski definition) is 5. The summed E-state index contributed by atoms with van der Waals surface area (Å²) in [6.45, 7) is 1.55. The maximum absolute atomic E-state index is 12.7. The summed E-state index contributed by atoms with van der Waals surface area (Å²) in [5, 5.41) is 14.9. The van der Waals surface area contributed by atoms with E-state index < -0.39 is 4.92 Å². The van der Waals surface area contributed by atoms with Crippen molar-refractivity contribution in [1.82, 2.24) is 10.2 Å². The molecule has 7 nitrogen and oxygen atoms in total. The highest BCUT2D eigenvalue weighted by Crippen LogP contribution is 2.27. The molecule has 2 aromatic rings. The van der Waals surface area contributed by atoms with Gasteiger partial charge in [0.2, 0.25) is 0 Å².